The van der Waals surface area contributed by atoms with Crippen molar-refractivity contribution in [3.05, 3.63) is 62.1 Å². The second-order valence-electron chi connectivity index (χ2n) is 8.93. The number of hydrogen-bond donors (Lipinski definition) is 1. The van der Waals surface area contributed by atoms with Crippen LogP contribution in [0.15, 0.2) is 51.6 Å². The smallest absolute Gasteiger partial charge is 0.233 e. The predicted octanol–water partition coefficient (Wildman–Crippen LogP) is 4.22. The van der Waals surface area contributed by atoms with Crippen LogP contribution in [0.1, 0.15) is 37.7 Å². The SMILES string of the molecule is CCCN1C(=O)C2CC=C3C(c4ccc(O)cc4Cl)C4=C(CC3C2C1=O)C(=O)C(Br)=CC4=O. The van der Waals surface area contributed by atoms with Crippen LogP contribution in [0.25, 0.3) is 0 Å². The number of imide groups is 1. The third-order valence-electron chi connectivity index (χ3n) is 7.16. The van der Waals surface area contributed by atoms with Crippen molar-refractivity contribution in [3.63, 3.8) is 0 Å². The minimum absolute atomic E-state index is 0.0107. The number of phenolic OH excluding ortho intramolecular Hbond substituents is 1. The molecule has 1 aliphatic heterocycles. The summed E-state index contributed by atoms with van der Waals surface area (Å²) < 4.78 is 0.183. The molecule has 0 radical (unpaired) electrons. The second kappa shape index (κ2) is 8.06. The van der Waals surface area contributed by atoms with Gasteiger partial charge in [-0.2, -0.15) is 0 Å². The molecule has 1 saturated heterocycles. The van der Waals surface area contributed by atoms with Gasteiger partial charge in [0.25, 0.3) is 0 Å². The summed E-state index contributed by atoms with van der Waals surface area (Å²) in [4.78, 5) is 53.9. The first-order valence-electron chi connectivity index (χ1n) is 11.0. The maximum absolute atomic E-state index is 13.4. The average molecular weight is 531 g/mol. The predicted molar refractivity (Wildman–Crippen MR) is 125 cm³/mol. The summed E-state index contributed by atoms with van der Waals surface area (Å²) in [6.45, 7) is 2.29. The first kappa shape index (κ1) is 22.3. The van der Waals surface area contributed by atoms with E-state index in [4.69, 9.17) is 11.6 Å². The number of fused-ring (bicyclic) bond motifs is 3. The molecule has 1 aromatic rings. The number of likely N-dealkylation sites (tertiary alicyclic amines) is 1. The van der Waals surface area contributed by atoms with E-state index in [0.717, 1.165) is 5.57 Å². The fourth-order valence-electron chi connectivity index (χ4n) is 5.82. The van der Waals surface area contributed by atoms with E-state index >= 15 is 0 Å². The summed E-state index contributed by atoms with van der Waals surface area (Å²) >= 11 is 9.71. The van der Waals surface area contributed by atoms with Gasteiger partial charge in [-0.1, -0.05) is 36.2 Å². The van der Waals surface area contributed by atoms with E-state index in [1.807, 2.05) is 13.0 Å². The van der Waals surface area contributed by atoms with Crippen molar-refractivity contribution in [3.8, 4) is 5.75 Å². The molecule has 33 heavy (non-hydrogen) atoms. The molecule has 1 fully saturated rings. The highest BCUT2D eigenvalue weighted by atomic mass is 79.9. The highest BCUT2D eigenvalue weighted by Gasteiger charge is 2.56. The Labute approximate surface area is 204 Å². The van der Waals surface area contributed by atoms with Crippen LogP contribution in [-0.2, 0) is 19.2 Å². The van der Waals surface area contributed by atoms with Crippen LogP contribution in [-0.4, -0.2) is 39.9 Å². The van der Waals surface area contributed by atoms with Gasteiger partial charge in [-0.05, 0) is 58.8 Å². The summed E-state index contributed by atoms with van der Waals surface area (Å²) in [5.74, 6) is -2.97. The lowest BCUT2D eigenvalue weighted by Gasteiger charge is -2.42. The molecule has 0 bridgehead atoms. The standard InChI is InChI=1S/C25H21BrClNO5/c1-2-7-28-24(32)14-6-5-12-15(21(14)25(28)33)9-16-22(19(30)10-17(26)23(16)31)20(12)13-4-3-11(29)8-18(13)27/h3-5,8,10,14-15,20-21,29H,2,6-7,9H2,1H3. The number of allylic oxidation sites excluding steroid dienone is 6. The van der Waals surface area contributed by atoms with E-state index in [9.17, 15) is 24.3 Å². The summed E-state index contributed by atoms with van der Waals surface area (Å²) in [6, 6.07) is 4.55. The Kier molecular flexibility index (Phi) is 5.45. The average Bonchev–Trinajstić information content (AvgIpc) is 3.02. The summed E-state index contributed by atoms with van der Waals surface area (Å²) in [6.07, 6.45) is 4.53. The van der Waals surface area contributed by atoms with E-state index in [-0.39, 0.29) is 51.0 Å². The molecular weight excluding hydrogens is 510 g/mol. The zero-order valence-corrected chi connectivity index (χ0v) is 20.1. The van der Waals surface area contributed by atoms with Gasteiger partial charge < -0.3 is 5.11 Å². The van der Waals surface area contributed by atoms with E-state index < -0.39 is 17.8 Å². The van der Waals surface area contributed by atoms with E-state index in [0.29, 0.717) is 36.1 Å². The van der Waals surface area contributed by atoms with E-state index in [1.165, 1.54) is 23.1 Å². The highest BCUT2D eigenvalue weighted by Crippen LogP contribution is 2.56. The van der Waals surface area contributed by atoms with Crippen LogP contribution < -0.4 is 0 Å². The lowest BCUT2D eigenvalue weighted by Crippen LogP contribution is -2.39. The number of carbonyl (C=O) groups is 4. The van der Waals surface area contributed by atoms with Crippen molar-refractivity contribution in [2.24, 2.45) is 17.8 Å². The number of ketones is 2. The maximum atomic E-state index is 13.4. The van der Waals surface area contributed by atoms with Crippen molar-refractivity contribution in [1.82, 2.24) is 4.90 Å². The molecule has 3 aliphatic carbocycles. The Morgan fingerprint density at radius 2 is 1.91 bits per heavy atom. The number of phenols is 1. The van der Waals surface area contributed by atoms with Crippen LogP contribution in [0, 0.1) is 17.8 Å². The molecular formula is C25H21BrClNO5. The Morgan fingerprint density at radius 3 is 2.61 bits per heavy atom. The monoisotopic (exact) mass is 529 g/mol. The molecule has 6 nitrogen and oxygen atoms in total. The van der Waals surface area contributed by atoms with Gasteiger partial charge in [0.2, 0.25) is 11.8 Å². The van der Waals surface area contributed by atoms with Crippen molar-refractivity contribution < 1.29 is 24.3 Å². The molecule has 8 heteroatoms. The number of amides is 2. The minimum Gasteiger partial charge on any atom is -0.508 e. The lowest BCUT2D eigenvalue weighted by atomic mass is 9.59. The van der Waals surface area contributed by atoms with Gasteiger partial charge in [-0.15, -0.1) is 0 Å². The first-order chi connectivity index (χ1) is 15.7. The lowest BCUT2D eigenvalue weighted by molar-refractivity contribution is -0.140. The Balaban J connectivity index is 1.69. The molecule has 5 rings (SSSR count). The maximum Gasteiger partial charge on any atom is 0.233 e. The van der Waals surface area contributed by atoms with Gasteiger partial charge in [0, 0.05) is 34.7 Å². The fraction of sp³-hybridized carbons (Fsp3) is 0.360. The summed E-state index contributed by atoms with van der Waals surface area (Å²) in [5, 5.41) is 10.1. The quantitative estimate of drug-likeness (QED) is 0.359. The molecule has 170 valence electrons. The molecule has 0 spiro atoms. The zero-order valence-electron chi connectivity index (χ0n) is 17.8. The number of aromatic hydroxyl groups is 1. The third-order valence-corrected chi connectivity index (χ3v) is 8.08. The molecule has 1 N–H and O–H groups in total. The molecule has 0 aromatic heterocycles. The van der Waals surface area contributed by atoms with Gasteiger partial charge >= 0.3 is 0 Å². The molecule has 4 unspecified atom stereocenters. The first-order valence-corrected chi connectivity index (χ1v) is 12.1. The van der Waals surface area contributed by atoms with Crippen LogP contribution in [0.4, 0.5) is 0 Å². The van der Waals surface area contributed by atoms with Gasteiger partial charge in [-0.25, -0.2) is 0 Å². The number of halogens is 2. The largest absolute Gasteiger partial charge is 0.508 e. The fourth-order valence-corrected chi connectivity index (χ4v) is 6.55. The number of nitrogens with zero attached hydrogens (tertiary/aromatic N) is 1. The molecule has 0 saturated carbocycles. The molecule has 1 aromatic carbocycles. The number of rotatable bonds is 3. The van der Waals surface area contributed by atoms with Crippen molar-refractivity contribution in [2.75, 3.05) is 6.54 Å². The Hall–Kier alpha value is -2.51. The molecule has 4 atom stereocenters. The van der Waals surface area contributed by atoms with Crippen LogP contribution in [0.2, 0.25) is 5.02 Å². The third kappa shape index (κ3) is 3.28. The molecule has 2 amide bonds. The number of Topliss-reactive ketones (excluding diaryl/α,β-unsaturated/α-hetero) is 1. The number of carbonyl (C=O) groups excluding carboxylic acids is 4. The normalized spacial score (nSPS) is 29.0. The summed E-state index contributed by atoms with van der Waals surface area (Å²) in [5.41, 5.74) is 2.15. The number of benzene rings is 1. The van der Waals surface area contributed by atoms with Crippen molar-refractivity contribution in [2.45, 2.75) is 32.1 Å². The zero-order chi connectivity index (χ0) is 23.6. The van der Waals surface area contributed by atoms with Crippen LogP contribution >= 0.6 is 27.5 Å². The van der Waals surface area contributed by atoms with Crippen LogP contribution in [0.5, 0.6) is 5.75 Å². The summed E-state index contributed by atoms with van der Waals surface area (Å²) in [7, 11) is 0. The molecule has 1 heterocycles. The topological polar surface area (TPSA) is 91.8 Å². The Bertz CT molecular complexity index is 1230. The van der Waals surface area contributed by atoms with E-state index in [1.54, 1.807) is 6.07 Å². The van der Waals surface area contributed by atoms with Gasteiger partial charge in [0.15, 0.2) is 11.6 Å². The second-order valence-corrected chi connectivity index (χ2v) is 10.2. The highest BCUT2D eigenvalue weighted by molar-refractivity contribution is 9.12. The number of hydrogen-bond acceptors (Lipinski definition) is 5. The van der Waals surface area contributed by atoms with Crippen LogP contribution in [0.3, 0.4) is 0 Å². The van der Waals surface area contributed by atoms with Gasteiger partial charge in [-0.3, -0.25) is 24.1 Å². The minimum atomic E-state index is -0.621. The van der Waals surface area contributed by atoms with Crippen molar-refractivity contribution in [1.29, 1.82) is 0 Å². The molecule has 4 aliphatic rings. The van der Waals surface area contributed by atoms with E-state index in [2.05, 4.69) is 15.9 Å². The Morgan fingerprint density at radius 1 is 1.15 bits per heavy atom. The van der Waals surface area contributed by atoms with Gasteiger partial charge in [0.05, 0.1) is 16.3 Å². The van der Waals surface area contributed by atoms with Crippen molar-refractivity contribution >= 4 is 50.9 Å². The van der Waals surface area contributed by atoms with Gasteiger partial charge in [0.1, 0.15) is 5.75 Å².